The van der Waals surface area contributed by atoms with Crippen LogP contribution < -0.4 is 6.15 Å². The molecular weight excluding hydrogens is 408 g/mol. The molecule has 0 aromatic carbocycles. The van der Waals surface area contributed by atoms with Gasteiger partial charge in [0.15, 0.2) is 0 Å². The zero-order valence-electron chi connectivity index (χ0n) is 23.1. The summed E-state index contributed by atoms with van der Waals surface area (Å²) in [6, 6.07) is 0. The van der Waals surface area contributed by atoms with E-state index in [1.165, 1.54) is 151 Å². The first-order valence-electron chi connectivity index (χ1n) is 14.5. The summed E-state index contributed by atoms with van der Waals surface area (Å²) in [7, 11) is -2.25. The quantitative estimate of drug-likeness (QED) is 0.0833. The highest BCUT2D eigenvalue weighted by Crippen LogP contribution is 2.70. The summed E-state index contributed by atoms with van der Waals surface area (Å²) in [6.07, 6.45) is 26.9. The van der Waals surface area contributed by atoms with E-state index in [2.05, 4.69) is 33.1 Å². The van der Waals surface area contributed by atoms with Crippen molar-refractivity contribution in [1.82, 2.24) is 6.15 Å². The molecule has 0 saturated heterocycles. The van der Waals surface area contributed by atoms with Crippen LogP contribution in [0.1, 0.15) is 156 Å². The number of nitriles is 1. The minimum atomic E-state index is -2.25. The monoisotopic (exact) mass is 472 g/mol. The minimum absolute atomic E-state index is 0. The van der Waals surface area contributed by atoms with Gasteiger partial charge in [0.05, 0.1) is 5.40 Å². The molecule has 0 aliphatic heterocycles. The molecule has 3 heteroatoms. The van der Waals surface area contributed by atoms with Crippen molar-refractivity contribution in [3.05, 3.63) is 0 Å². The molecule has 0 rings (SSSR count). The number of unbranched alkanes of at least 4 members (excludes halogenated alkanes) is 16. The summed E-state index contributed by atoms with van der Waals surface area (Å²) in [5, 5.41) is 14.1. The predicted molar refractivity (Wildman–Crippen MR) is 154 cm³/mol. The molecule has 3 N–H and O–H groups in total. The Labute approximate surface area is 205 Å². The number of thiol groups is 1. The van der Waals surface area contributed by atoms with Crippen LogP contribution in [0.3, 0.4) is 0 Å². The van der Waals surface area contributed by atoms with Crippen molar-refractivity contribution in [2.24, 2.45) is 0 Å². The minimum Gasteiger partial charge on any atom is -0.344 e. The number of rotatable bonds is 24. The smallest absolute Gasteiger partial charge is 0.0962 e. The molecule has 0 amide bonds. The van der Waals surface area contributed by atoms with E-state index in [1.807, 2.05) is 0 Å². The normalized spacial score (nSPS) is 12.7. The topological polar surface area (TPSA) is 58.8 Å². The van der Waals surface area contributed by atoms with Gasteiger partial charge in [-0.25, -0.2) is 9.16 Å². The maximum atomic E-state index is 10.8. The summed E-state index contributed by atoms with van der Waals surface area (Å²) in [6.45, 7) is 9.22. The first kappa shape index (κ1) is 34.0. The van der Waals surface area contributed by atoms with E-state index in [1.54, 1.807) is 0 Å². The third-order valence-corrected chi connectivity index (χ3v) is 14.2. The molecule has 32 heavy (non-hydrogen) atoms. The summed E-state index contributed by atoms with van der Waals surface area (Å²) in [4.78, 5) is 0. The lowest BCUT2D eigenvalue weighted by Crippen LogP contribution is -2.31. The number of hydrogen-bond donors (Lipinski definition) is 2. The molecule has 0 radical (unpaired) electrons. The summed E-state index contributed by atoms with van der Waals surface area (Å²) in [5.74, 6) is 5.17. The average Bonchev–Trinajstić information content (AvgIpc) is 2.79. The van der Waals surface area contributed by atoms with Gasteiger partial charge < -0.3 is 6.15 Å². The second kappa shape index (κ2) is 22.6. The average molecular weight is 473 g/mol. The molecular formula is C29H64N2S. The molecule has 0 spiro atoms. The number of hydrogen-bond acceptors (Lipinski definition) is 2. The third kappa shape index (κ3) is 15.6. The fourth-order valence-corrected chi connectivity index (χ4v) is 11.3. The standard InChI is InChI=1S/C29H61NS.H3N/c1-5-9-13-17-21-25-31(29-30,26-22-18-14-10-6-2,27-23-19-15-11-7-3)28-24-20-16-12-8-4;/h31H,5-28H2,1-4H3;1H3. The van der Waals surface area contributed by atoms with Crippen LogP contribution in [0.2, 0.25) is 0 Å². The Kier molecular flexibility index (Phi) is 24.0. The maximum absolute atomic E-state index is 10.8. The van der Waals surface area contributed by atoms with E-state index < -0.39 is 9.16 Å². The summed E-state index contributed by atoms with van der Waals surface area (Å²) < 4.78 is 0. The van der Waals surface area contributed by atoms with Crippen LogP contribution in [-0.2, 0) is 0 Å². The van der Waals surface area contributed by atoms with Gasteiger partial charge in [-0.05, 0) is 48.7 Å². The number of nitrogens with zero attached hydrogens (tertiary/aromatic N) is 1. The number of thiocyanates is 1. The van der Waals surface area contributed by atoms with Crippen molar-refractivity contribution in [1.29, 1.82) is 5.26 Å². The summed E-state index contributed by atoms with van der Waals surface area (Å²) >= 11 is 0. The highest BCUT2D eigenvalue weighted by atomic mass is 32.3. The first-order chi connectivity index (χ1) is 15.1. The highest BCUT2D eigenvalue weighted by molar-refractivity contribution is 8.52. The van der Waals surface area contributed by atoms with Crippen LogP contribution in [0.25, 0.3) is 0 Å². The Hall–Kier alpha value is -0.200. The van der Waals surface area contributed by atoms with Crippen molar-refractivity contribution in [3.8, 4) is 5.40 Å². The molecule has 0 fully saturated rings. The Balaban J connectivity index is 0. The highest BCUT2D eigenvalue weighted by Gasteiger charge is 2.39. The predicted octanol–water partition coefficient (Wildman–Crippen LogP) is 10.6. The zero-order chi connectivity index (χ0) is 23.1. The molecule has 0 aromatic heterocycles. The third-order valence-electron chi connectivity index (χ3n) is 7.67. The Morgan fingerprint density at radius 2 is 0.625 bits per heavy atom. The molecule has 2 nitrogen and oxygen atoms in total. The van der Waals surface area contributed by atoms with E-state index in [0.29, 0.717) is 0 Å². The zero-order valence-corrected chi connectivity index (χ0v) is 24.0. The molecule has 0 atom stereocenters. The Morgan fingerprint density at radius 1 is 0.406 bits per heavy atom. The van der Waals surface area contributed by atoms with Gasteiger partial charge in [0.25, 0.3) is 0 Å². The molecule has 0 aliphatic carbocycles. The van der Waals surface area contributed by atoms with Crippen LogP contribution in [0.5, 0.6) is 0 Å². The van der Waals surface area contributed by atoms with Crippen LogP contribution in [0.15, 0.2) is 0 Å². The van der Waals surface area contributed by atoms with E-state index in [9.17, 15) is 5.26 Å². The van der Waals surface area contributed by atoms with Crippen LogP contribution in [-0.4, -0.2) is 23.0 Å². The van der Waals surface area contributed by atoms with Gasteiger partial charge in [-0.15, -0.1) is 0 Å². The molecule has 0 aliphatic rings. The second-order valence-electron chi connectivity index (χ2n) is 10.6. The Morgan fingerprint density at radius 3 is 0.812 bits per heavy atom. The van der Waals surface area contributed by atoms with E-state index in [-0.39, 0.29) is 6.15 Å². The lowest BCUT2D eigenvalue weighted by Gasteiger charge is -2.56. The molecule has 196 valence electrons. The van der Waals surface area contributed by atoms with E-state index >= 15 is 0 Å². The molecule has 0 unspecified atom stereocenters. The van der Waals surface area contributed by atoms with Crippen LogP contribution in [0.4, 0.5) is 0 Å². The fourth-order valence-electron chi connectivity index (χ4n) is 5.39. The van der Waals surface area contributed by atoms with Gasteiger partial charge >= 0.3 is 0 Å². The lowest BCUT2D eigenvalue weighted by molar-refractivity contribution is 0.639. The molecule has 0 heterocycles. The largest absolute Gasteiger partial charge is 0.344 e. The molecule has 0 saturated carbocycles. The van der Waals surface area contributed by atoms with Crippen molar-refractivity contribution >= 4 is 9.16 Å². The van der Waals surface area contributed by atoms with Crippen molar-refractivity contribution in [2.45, 2.75) is 156 Å². The SMILES string of the molecule is CCCCCCC[SH](C#N)(CCCCCCC)(CCCCCCC)CCCCCCC.N. The van der Waals surface area contributed by atoms with E-state index in [4.69, 9.17) is 0 Å². The van der Waals surface area contributed by atoms with Crippen LogP contribution >= 0.6 is 9.16 Å². The van der Waals surface area contributed by atoms with Gasteiger partial charge in [0.1, 0.15) is 0 Å². The lowest BCUT2D eigenvalue weighted by atomic mass is 10.2. The van der Waals surface area contributed by atoms with Crippen molar-refractivity contribution < 1.29 is 0 Å². The first-order valence-corrected chi connectivity index (χ1v) is 17.5. The maximum Gasteiger partial charge on any atom is 0.0962 e. The fraction of sp³-hybridized carbons (Fsp3) is 0.966. The van der Waals surface area contributed by atoms with E-state index in [0.717, 1.165) is 0 Å². The van der Waals surface area contributed by atoms with Gasteiger partial charge in [0, 0.05) is 0 Å². The molecule has 0 bridgehead atoms. The van der Waals surface area contributed by atoms with Crippen molar-refractivity contribution in [2.75, 3.05) is 23.0 Å². The van der Waals surface area contributed by atoms with Crippen molar-refractivity contribution in [3.63, 3.8) is 0 Å². The van der Waals surface area contributed by atoms with Gasteiger partial charge in [0.2, 0.25) is 0 Å². The summed E-state index contributed by atoms with van der Waals surface area (Å²) in [5.41, 5.74) is 0. The molecule has 0 aromatic rings. The van der Waals surface area contributed by atoms with Gasteiger partial charge in [-0.3, -0.25) is 0 Å². The van der Waals surface area contributed by atoms with Gasteiger partial charge in [-0.1, -0.05) is 130 Å². The van der Waals surface area contributed by atoms with Crippen LogP contribution in [0, 0.1) is 10.7 Å². The van der Waals surface area contributed by atoms with Gasteiger partial charge in [-0.2, -0.15) is 5.26 Å². The Bertz CT molecular complexity index is 362. The second-order valence-corrected chi connectivity index (χ2v) is 16.6.